The molecule has 0 aliphatic carbocycles. The fraction of sp³-hybridized carbons (Fsp3) is 0.355. The Kier molecular flexibility index (Phi) is 6.42. The summed E-state index contributed by atoms with van der Waals surface area (Å²) >= 11 is 10.4. The first kappa shape index (κ1) is 26.2. The Labute approximate surface area is 241 Å². The van der Waals surface area contributed by atoms with Gasteiger partial charge in [0.1, 0.15) is 22.3 Å². The molecule has 1 N–H and O–H groups in total. The number of anilines is 1. The second kappa shape index (κ2) is 9.56. The van der Waals surface area contributed by atoms with E-state index in [1.54, 1.807) is 12.1 Å². The van der Waals surface area contributed by atoms with Gasteiger partial charge < -0.3 is 19.5 Å². The summed E-state index contributed by atoms with van der Waals surface area (Å²) in [5.74, 6) is 0.429. The second-order valence-corrected chi connectivity index (χ2v) is 11.7. The van der Waals surface area contributed by atoms with Crippen LogP contribution in [0.2, 0.25) is 5.02 Å². The first-order valence-electron chi connectivity index (χ1n) is 13.4. The molecule has 0 saturated carbocycles. The summed E-state index contributed by atoms with van der Waals surface area (Å²) in [4.78, 5) is 27.8. The van der Waals surface area contributed by atoms with Gasteiger partial charge in [-0.3, -0.25) is 4.79 Å². The van der Waals surface area contributed by atoms with Crippen LogP contribution in [0.15, 0.2) is 34.8 Å². The number of phenols is 1. The van der Waals surface area contributed by atoms with Crippen LogP contribution in [0.1, 0.15) is 76.8 Å². The number of aromatic hydroxyl groups is 1. The van der Waals surface area contributed by atoms with E-state index in [0.717, 1.165) is 52.7 Å². The minimum absolute atomic E-state index is 0.0495. The number of rotatable bonds is 5. The smallest absolute Gasteiger partial charge is 0.340 e. The van der Waals surface area contributed by atoms with E-state index < -0.39 is 11.6 Å². The van der Waals surface area contributed by atoms with Crippen LogP contribution < -0.4 is 9.64 Å². The Hall–Kier alpha value is -3.03. The number of halogens is 2. The van der Waals surface area contributed by atoms with Gasteiger partial charge in [0, 0.05) is 58.8 Å². The molecule has 3 aliphatic rings. The van der Waals surface area contributed by atoms with Gasteiger partial charge in [-0.2, -0.15) is 0 Å². The number of hydrogen-bond donors (Lipinski definition) is 1. The van der Waals surface area contributed by atoms with E-state index in [0.29, 0.717) is 40.8 Å². The Morgan fingerprint density at radius 3 is 2.62 bits per heavy atom. The molecule has 0 amide bonds. The number of fused-ring (bicyclic) bond motifs is 8. The number of ether oxygens (including phenoxy) is 2. The number of carbonyl (C=O) groups excluding carboxylic acids is 2. The molecule has 39 heavy (non-hydrogen) atoms. The molecular weight excluding hydrogens is 582 g/mol. The number of benzene rings is 3. The van der Waals surface area contributed by atoms with Crippen molar-refractivity contribution in [3.63, 3.8) is 0 Å². The highest BCUT2D eigenvalue weighted by molar-refractivity contribution is 9.10. The molecule has 1 unspecified atom stereocenters. The van der Waals surface area contributed by atoms with E-state index in [9.17, 15) is 14.7 Å². The molecule has 6 nitrogen and oxygen atoms in total. The standard InChI is InChI=1S/C31H29BrClNO5/c1-4-16-13-23-28(21-7-6-12-34(3)26(16)21)38-29-24(14-17(27(36)25(29)33)8-10-19(35)5-2)31(23)22-15-18(32)9-11-20(22)30(37)39-31/h9,11,13-15,36H,4-8,10,12H2,1-3H3. The lowest BCUT2D eigenvalue weighted by Gasteiger charge is -2.41. The Morgan fingerprint density at radius 2 is 1.87 bits per heavy atom. The van der Waals surface area contributed by atoms with Crippen LogP contribution in [0, 0.1) is 0 Å². The van der Waals surface area contributed by atoms with Crippen molar-refractivity contribution in [3.05, 3.63) is 78.8 Å². The average Bonchev–Trinajstić information content (AvgIpc) is 3.21. The van der Waals surface area contributed by atoms with Gasteiger partial charge in [0.05, 0.1) is 5.56 Å². The minimum atomic E-state index is -1.32. The van der Waals surface area contributed by atoms with Crippen LogP contribution in [0.4, 0.5) is 5.69 Å². The van der Waals surface area contributed by atoms with Gasteiger partial charge in [-0.1, -0.05) is 41.4 Å². The number of ketones is 1. The van der Waals surface area contributed by atoms with Crippen molar-refractivity contribution in [1.82, 2.24) is 0 Å². The summed E-state index contributed by atoms with van der Waals surface area (Å²) in [6, 6.07) is 9.40. The van der Waals surface area contributed by atoms with Crippen LogP contribution in [-0.4, -0.2) is 30.5 Å². The highest BCUT2D eigenvalue weighted by Gasteiger charge is 2.55. The summed E-state index contributed by atoms with van der Waals surface area (Å²) < 4.78 is 13.8. The van der Waals surface area contributed by atoms with Crippen LogP contribution in [-0.2, 0) is 34.4 Å². The molecule has 0 bridgehead atoms. The van der Waals surface area contributed by atoms with E-state index in [1.807, 2.05) is 19.1 Å². The number of carbonyl (C=O) groups is 2. The molecule has 1 atom stereocenters. The van der Waals surface area contributed by atoms with E-state index in [-0.39, 0.29) is 28.7 Å². The Bertz CT molecular complexity index is 1570. The van der Waals surface area contributed by atoms with E-state index >= 15 is 0 Å². The van der Waals surface area contributed by atoms with Crippen molar-refractivity contribution < 1.29 is 24.2 Å². The molecule has 6 rings (SSSR count). The lowest BCUT2D eigenvalue weighted by molar-refractivity contribution is -0.118. The third-order valence-electron chi connectivity index (χ3n) is 8.24. The molecule has 202 valence electrons. The lowest BCUT2D eigenvalue weighted by Crippen LogP contribution is -2.35. The third-order valence-corrected chi connectivity index (χ3v) is 9.09. The predicted octanol–water partition coefficient (Wildman–Crippen LogP) is 7.23. The van der Waals surface area contributed by atoms with Crippen molar-refractivity contribution >= 4 is 45.0 Å². The minimum Gasteiger partial charge on any atom is -0.506 e. The van der Waals surface area contributed by atoms with Gasteiger partial charge >= 0.3 is 5.97 Å². The maximum absolute atomic E-state index is 13.4. The Morgan fingerprint density at radius 1 is 1.13 bits per heavy atom. The zero-order valence-electron chi connectivity index (χ0n) is 22.1. The van der Waals surface area contributed by atoms with Crippen molar-refractivity contribution in [2.45, 2.75) is 58.0 Å². The van der Waals surface area contributed by atoms with Crippen molar-refractivity contribution in [3.8, 4) is 17.2 Å². The zero-order valence-corrected chi connectivity index (χ0v) is 24.5. The zero-order chi connectivity index (χ0) is 27.6. The number of esters is 1. The number of aryl methyl sites for hydroxylation is 2. The number of hydrogen-bond acceptors (Lipinski definition) is 6. The second-order valence-electron chi connectivity index (χ2n) is 10.4. The van der Waals surface area contributed by atoms with E-state index in [2.05, 4.69) is 40.9 Å². The maximum atomic E-state index is 13.4. The first-order valence-corrected chi connectivity index (χ1v) is 14.6. The fourth-order valence-electron chi connectivity index (χ4n) is 6.29. The van der Waals surface area contributed by atoms with Gasteiger partial charge in [0.25, 0.3) is 0 Å². The molecule has 3 aromatic rings. The summed E-state index contributed by atoms with van der Waals surface area (Å²) in [7, 11) is 2.08. The SMILES string of the molecule is CCC(=O)CCc1cc2c(c(Cl)c1O)Oc1c(cc(CC)c3c1CCCN3C)C21OC(=O)c2ccc(Br)cc21. The molecule has 0 aromatic heterocycles. The molecule has 0 saturated heterocycles. The molecule has 3 heterocycles. The lowest BCUT2D eigenvalue weighted by atomic mass is 9.74. The predicted molar refractivity (Wildman–Crippen MR) is 154 cm³/mol. The van der Waals surface area contributed by atoms with E-state index in [1.165, 1.54) is 0 Å². The molecule has 8 heteroatoms. The van der Waals surface area contributed by atoms with Crippen molar-refractivity contribution in [1.29, 1.82) is 0 Å². The quantitative estimate of drug-likeness (QED) is 0.307. The van der Waals surface area contributed by atoms with Crippen molar-refractivity contribution in [2.75, 3.05) is 18.5 Å². The van der Waals surface area contributed by atoms with E-state index in [4.69, 9.17) is 21.1 Å². The van der Waals surface area contributed by atoms with Gasteiger partial charge in [0.15, 0.2) is 11.4 Å². The molecule has 3 aromatic carbocycles. The number of Topliss-reactive ketones (excluding diaryl/α,β-unsaturated/α-hetero) is 1. The molecule has 1 spiro atoms. The third kappa shape index (κ3) is 3.80. The normalized spacial score (nSPS) is 18.7. The summed E-state index contributed by atoms with van der Waals surface area (Å²) in [5.41, 5.74) is 4.99. The van der Waals surface area contributed by atoms with Gasteiger partial charge in [-0.15, -0.1) is 0 Å². The largest absolute Gasteiger partial charge is 0.506 e. The summed E-state index contributed by atoms with van der Waals surface area (Å²) in [6.45, 7) is 4.88. The monoisotopic (exact) mass is 609 g/mol. The molecule has 0 fully saturated rings. The topological polar surface area (TPSA) is 76.1 Å². The van der Waals surface area contributed by atoms with Crippen LogP contribution in [0.3, 0.4) is 0 Å². The summed E-state index contributed by atoms with van der Waals surface area (Å²) in [5, 5.41) is 11.2. The van der Waals surface area contributed by atoms with Crippen LogP contribution >= 0.6 is 27.5 Å². The molecule has 0 radical (unpaired) electrons. The van der Waals surface area contributed by atoms with Gasteiger partial charge in [-0.05, 0) is 67.1 Å². The van der Waals surface area contributed by atoms with Crippen LogP contribution in [0.25, 0.3) is 0 Å². The number of phenolic OH excluding ortho intramolecular Hbond substituents is 1. The van der Waals surface area contributed by atoms with Gasteiger partial charge in [-0.25, -0.2) is 4.79 Å². The summed E-state index contributed by atoms with van der Waals surface area (Å²) in [6.07, 6.45) is 3.55. The average molecular weight is 611 g/mol. The fourth-order valence-corrected chi connectivity index (χ4v) is 6.91. The first-order chi connectivity index (χ1) is 18.7. The number of nitrogens with zero attached hydrogens (tertiary/aromatic N) is 1. The van der Waals surface area contributed by atoms with Crippen molar-refractivity contribution in [2.24, 2.45) is 0 Å². The highest BCUT2D eigenvalue weighted by atomic mass is 79.9. The highest BCUT2D eigenvalue weighted by Crippen LogP contribution is 2.61. The molecule has 3 aliphatic heterocycles. The van der Waals surface area contributed by atoms with Crippen LogP contribution in [0.5, 0.6) is 17.2 Å². The van der Waals surface area contributed by atoms with Gasteiger partial charge in [0.2, 0.25) is 0 Å². The maximum Gasteiger partial charge on any atom is 0.340 e. The molecular formula is C31H29BrClNO5. The Balaban J connectivity index is 1.70.